The Balaban J connectivity index is 3.83. The molecule has 0 aromatic heterocycles. The Bertz CT molecular complexity index is 150. The summed E-state index contributed by atoms with van der Waals surface area (Å²) < 4.78 is 5.68. The van der Waals surface area contributed by atoms with Gasteiger partial charge in [0, 0.05) is 6.42 Å². The molecule has 0 saturated heterocycles. The summed E-state index contributed by atoms with van der Waals surface area (Å²) in [6.45, 7) is 9.71. The predicted octanol–water partition coefficient (Wildman–Crippen LogP) is 2.56. The molecule has 0 radical (unpaired) electrons. The highest BCUT2D eigenvalue weighted by Gasteiger charge is 2.19. The van der Waals surface area contributed by atoms with E-state index in [0.29, 0.717) is 6.42 Å². The molecule has 0 aliphatic carbocycles. The monoisotopic (exact) mass is 172 g/mol. The van der Waals surface area contributed by atoms with Crippen LogP contribution in [0.4, 0.5) is 0 Å². The lowest BCUT2D eigenvalue weighted by Crippen LogP contribution is -2.29. The topological polar surface area (TPSA) is 26.3 Å². The molecular weight excluding hydrogens is 152 g/mol. The van der Waals surface area contributed by atoms with Crippen LogP contribution in [0.5, 0.6) is 0 Å². The molecule has 0 aliphatic heterocycles. The summed E-state index contributed by atoms with van der Waals surface area (Å²) in [7, 11) is 0. The standard InChI is InChI=1S/C10H20O2/c1-6-10(4,5)12-9(3)7-8(2)11/h9H,6-7H2,1-5H3. The number of carbonyl (C=O) groups excluding carboxylic acids is 1. The Morgan fingerprint density at radius 3 is 2.33 bits per heavy atom. The Kier molecular flexibility index (Phi) is 4.46. The van der Waals surface area contributed by atoms with E-state index < -0.39 is 0 Å². The van der Waals surface area contributed by atoms with Crippen LogP contribution >= 0.6 is 0 Å². The molecule has 0 amide bonds. The molecule has 0 aromatic rings. The number of hydrogen-bond donors (Lipinski definition) is 0. The Hall–Kier alpha value is -0.370. The molecule has 1 atom stereocenters. The fourth-order valence-corrected chi connectivity index (χ4v) is 1.07. The summed E-state index contributed by atoms with van der Waals surface area (Å²) in [5.74, 6) is 0.189. The van der Waals surface area contributed by atoms with Gasteiger partial charge in [0.25, 0.3) is 0 Å². The number of rotatable bonds is 5. The molecule has 0 heterocycles. The van der Waals surface area contributed by atoms with E-state index >= 15 is 0 Å². The summed E-state index contributed by atoms with van der Waals surface area (Å²) in [4.78, 5) is 10.7. The maximum atomic E-state index is 10.7. The zero-order valence-electron chi connectivity index (χ0n) is 8.81. The Labute approximate surface area is 75.3 Å². The number of hydrogen-bond acceptors (Lipinski definition) is 2. The highest BCUT2D eigenvalue weighted by Crippen LogP contribution is 2.17. The van der Waals surface area contributed by atoms with Crippen molar-refractivity contribution in [2.75, 3.05) is 0 Å². The largest absolute Gasteiger partial charge is 0.372 e. The lowest BCUT2D eigenvalue weighted by molar-refractivity contribution is -0.123. The molecule has 2 heteroatoms. The van der Waals surface area contributed by atoms with E-state index in [1.165, 1.54) is 0 Å². The van der Waals surface area contributed by atoms with E-state index in [9.17, 15) is 4.79 Å². The summed E-state index contributed by atoms with van der Waals surface area (Å²) in [6, 6.07) is 0. The number of ketones is 1. The highest BCUT2D eigenvalue weighted by atomic mass is 16.5. The fourth-order valence-electron chi connectivity index (χ4n) is 1.07. The minimum atomic E-state index is -0.102. The van der Waals surface area contributed by atoms with Gasteiger partial charge in [0.1, 0.15) is 5.78 Å². The minimum absolute atomic E-state index is 0.0393. The lowest BCUT2D eigenvalue weighted by Gasteiger charge is -2.27. The van der Waals surface area contributed by atoms with E-state index in [4.69, 9.17) is 4.74 Å². The molecule has 0 aromatic carbocycles. The second kappa shape index (κ2) is 4.61. The van der Waals surface area contributed by atoms with E-state index in [-0.39, 0.29) is 17.5 Å². The number of Topliss-reactive ketones (excluding diaryl/α,β-unsaturated/α-hetero) is 1. The summed E-state index contributed by atoms with van der Waals surface area (Å²) >= 11 is 0. The minimum Gasteiger partial charge on any atom is -0.372 e. The smallest absolute Gasteiger partial charge is 0.132 e. The van der Waals surface area contributed by atoms with Crippen LogP contribution in [0.2, 0.25) is 0 Å². The van der Waals surface area contributed by atoms with Crippen molar-refractivity contribution >= 4 is 5.78 Å². The van der Waals surface area contributed by atoms with Crippen molar-refractivity contribution in [2.24, 2.45) is 0 Å². The van der Waals surface area contributed by atoms with Gasteiger partial charge < -0.3 is 4.74 Å². The summed E-state index contributed by atoms with van der Waals surface area (Å²) in [5, 5.41) is 0. The third-order valence-corrected chi connectivity index (χ3v) is 1.95. The van der Waals surface area contributed by atoms with Crippen LogP contribution in [0.3, 0.4) is 0 Å². The molecular formula is C10H20O2. The third kappa shape index (κ3) is 5.30. The van der Waals surface area contributed by atoms with Crippen molar-refractivity contribution < 1.29 is 9.53 Å². The molecule has 0 bridgehead atoms. The third-order valence-electron chi connectivity index (χ3n) is 1.95. The second-order valence-electron chi connectivity index (χ2n) is 3.95. The van der Waals surface area contributed by atoms with Crippen LogP contribution in [-0.2, 0) is 9.53 Å². The highest BCUT2D eigenvalue weighted by molar-refractivity contribution is 5.75. The first-order valence-electron chi connectivity index (χ1n) is 4.54. The summed E-state index contributed by atoms with van der Waals surface area (Å²) in [5.41, 5.74) is -0.102. The van der Waals surface area contributed by atoms with E-state index in [1.54, 1.807) is 6.92 Å². The number of carbonyl (C=O) groups is 1. The van der Waals surface area contributed by atoms with Gasteiger partial charge in [0.05, 0.1) is 11.7 Å². The van der Waals surface area contributed by atoms with Gasteiger partial charge in [-0.05, 0) is 34.1 Å². The maximum absolute atomic E-state index is 10.7. The molecule has 2 nitrogen and oxygen atoms in total. The van der Waals surface area contributed by atoms with Crippen LogP contribution in [-0.4, -0.2) is 17.5 Å². The van der Waals surface area contributed by atoms with Crippen LogP contribution < -0.4 is 0 Å². The van der Waals surface area contributed by atoms with E-state index in [2.05, 4.69) is 6.92 Å². The van der Waals surface area contributed by atoms with Gasteiger partial charge in [-0.3, -0.25) is 4.79 Å². The van der Waals surface area contributed by atoms with E-state index in [0.717, 1.165) is 6.42 Å². The van der Waals surface area contributed by atoms with Crippen molar-refractivity contribution in [1.82, 2.24) is 0 Å². The average Bonchev–Trinajstić information content (AvgIpc) is 1.84. The molecule has 0 rings (SSSR count). The zero-order valence-corrected chi connectivity index (χ0v) is 8.81. The molecule has 1 unspecified atom stereocenters. The van der Waals surface area contributed by atoms with Gasteiger partial charge in [-0.2, -0.15) is 0 Å². The van der Waals surface area contributed by atoms with Gasteiger partial charge in [-0.15, -0.1) is 0 Å². The normalized spacial score (nSPS) is 14.4. The molecule has 0 saturated carbocycles. The molecule has 0 fully saturated rings. The molecule has 12 heavy (non-hydrogen) atoms. The van der Waals surface area contributed by atoms with Gasteiger partial charge in [-0.1, -0.05) is 6.92 Å². The maximum Gasteiger partial charge on any atom is 0.132 e. The van der Waals surface area contributed by atoms with Gasteiger partial charge in [0.2, 0.25) is 0 Å². The van der Waals surface area contributed by atoms with E-state index in [1.807, 2.05) is 20.8 Å². The zero-order chi connectivity index (χ0) is 9.78. The Morgan fingerprint density at radius 2 is 2.00 bits per heavy atom. The van der Waals surface area contributed by atoms with Crippen LogP contribution in [0.1, 0.15) is 47.5 Å². The van der Waals surface area contributed by atoms with Gasteiger partial charge in [0.15, 0.2) is 0 Å². The first kappa shape index (κ1) is 11.6. The molecule has 0 N–H and O–H groups in total. The second-order valence-corrected chi connectivity index (χ2v) is 3.95. The van der Waals surface area contributed by atoms with Crippen LogP contribution in [0, 0.1) is 0 Å². The predicted molar refractivity (Wildman–Crippen MR) is 50.2 cm³/mol. The van der Waals surface area contributed by atoms with Crippen molar-refractivity contribution in [3.8, 4) is 0 Å². The Morgan fingerprint density at radius 1 is 1.50 bits per heavy atom. The van der Waals surface area contributed by atoms with Crippen molar-refractivity contribution in [1.29, 1.82) is 0 Å². The van der Waals surface area contributed by atoms with Crippen LogP contribution in [0.25, 0.3) is 0 Å². The number of ether oxygens (including phenoxy) is 1. The van der Waals surface area contributed by atoms with Crippen molar-refractivity contribution in [3.63, 3.8) is 0 Å². The molecule has 72 valence electrons. The van der Waals surface area contributed by atoms with Gasteiger partial charge >= 0.3 is 0 Å². The lowest BCUT2D eigenvalue weighted by atomic mass is 10.1. The first-order chi connectivity index (χ1) is 5.37. The van der Waals surface area contributed by atoms with Crippen molar-refractivity contribution in [3.05, 3.63) is 0 Å². The molecule has 0 spiro atoms. The fraction of sp³-hybridized carbons (Fsp3) is 0.900. The average molecular weight is 172 g/mol. The van der Waals surface area contributed by atoms with Gasteiger partial charge in [-0.25, -0.2) is 0 Å². The molecule has 0 aliphatic rings. The van der Waals surface area contributed by atoms with Crippen molar-refractivity contribution in [2.45, 2.75) is 59.2 Å². The SMILES string of the molecule is CCC(C)(C)OC(C)CC(C)=O. The first-order valence-corrected chi connectivity index (χ1v) is 4.54. The quantitative estimate of drug-likeness (QED) is 0.637. The summed E-state index contributed by atoms with van der Waals surface area (Å²) in [6.07, 6.45) is 1.52. The van der Waals surface area contributed by atoms with Crippen LogP contribution in [0.15, 0.2) is 0 Å².